The van der Waals surface area contributed by atoms with E-state index in [9.17, 15) is 9.59 Å². The molecule has 2 aliphatic rings. The molecule has 6 nitrogen and oxygen atoms in total. The van der Waals surface area contributed by atoms with Crippen LogP contribution in [0.5, 0.6) is 0 Å². The number of rotatable bonds is 5. The van der Waals surface area contributed by atoms with Gasteiger partial charge in [-0.2, -0.15) is 5.10 Å². The van der Waals surface area contributed by atoms with E-state index in [4.69, 9.17) is 15.6 Å². The molecule has 1 saturated carbocycles. The van der Waals surface area contributed by atoms with Crippen LogP contribution < -0.4 is 5.73 Å². The third kappa shape index (κ3) is 4.80. The van der Waals surface area contributed by atoms with Crippen LogP contribution in [0, 0.1) is 12.8 Å². The number of aryl methyl sites for hydroxylation is 1. The second-order valence-electron chi connectivity index (χ2n) is 9.31. The number of hydrogen-bond acceptors (Lipinski definition) is 5. The van der Waals surface area contributed by atoms with Gasteiger partial charge in [0.15, 0.2) is 6.61 Å². The van der Waals surface area contributed by atoms with Gasteiger partial charge in [-0.15, -0.1) is 0 Å². The third-order valence-electron chi connectivity index (χ3n) is 6.88. The molecule has 0 aromatic heterocycles. The first-order valence-corrected chi connectivity index (χ1v) is 12.3. The van der Waals surface area contributed by atoms with Crippen LogP contribution in [0.3, 0.4) is 0 Å². The normalized spacial score (nSPS) is 20.1. The second kappa shape index (κ2) is 10.2. The number of carbonyl (C=O) groups is 2. The monoisotopic (exact) mass is 479 g/mol. The molecule has 5 rings (SSSR count). The number of esters is 1. The van der Waals surface area contributed by atoms with E-state index in [-0.39, 0.29) is 17.9 Å². The summed E-state index contributed by atoms with van der Waals surface area (Å²) in [7, 11) is 0. The molecule has 3 aromatic rings. The van der Waals surface area contributed by atoms with E-state index in [1.165, 1.54) is 5.01 Å². The Kier molecular flexibility index (Phi) is 6.67. The Morgan fingerprint density at radius 3 is 2.50 bits per heavy atom. The fourth-order valence-corrected chi connectivity index (χ4v) is 4.99. The minimum Gasteiger partial charge on any atom is -0.452 e. The molecule has 2 atom stereocenters. The molecule has 6 heteroatoms. The van der Waals surface area contributed by atoms with E-state index in [1.54, 1.807) is 18.2 Å². The van der Waals surface area contributed by atoms with Crippen LogP contribution in [0.1, 0.15) is 52.4 Å². The number of nitrogens with two attached hydrogens (primary N) is 1. The molecule has 2 unspecified atom stereocenters. The Morgan fingerprint density at radius 2 is 1.78 bits per heavy atom. The summed E-state index contributed by atoms with van der Waals surface area (Å²) in [6.07, 6.45) is 5.05. The molecule has 0 radical (unpaired) electrons. The number of hydrogen-bond donors (Lipinski definition) is 1. The number of amides is 1. The standard InChI is InChI=1S/C30H29N3O3/c1-20-15-16-24(18-26(20)31)30(35)36-19-27(34)33-29(22-11-6-3-7-12-22)25-14-8-13-23(28(25)32-33)17-21-9-4-2-5-10-21/h2-7,9-12,15-18,25,29H,8,13-14,19,31H2,1H3. The predicted molar refractivity (Wildman–Crippen MR) is 141 cm³/mol. The molecule has 1 aliphatic heterocycles. The topological polar surface area (TPSA) is 85.0 Å². The van der Waals surface area contributed by atoms with Gasteiger partial charge in [-0.1, -0.05) is 66.7 Å². The number of nitrogens with zero attached hydrogens (tertiary/aromatic N) is 2. The highest BCUT2D eigenvalue weighted by Gasteiger charge is 2.43. The van der Waals surface area contributed by atoms with E-state index in [1.807, 2.05) is 55.5 Å². The molecule has 0 saturated heterocycles. The maximum atomic E-state index is 13.4. The van der Waals surface area contributed by atoms with Crippen LogP contribution >= 0.6 is 0 Å². The van der Waals surface area contributed by atoms with Crippen molar-refractivity contribution in [3.05, 3.63) is 107 Å². The van der Waals surface area contributed by atoms with E-state index >= 15 is 0 Å². The molecule has 2 N–H and O–H groups in total. The van der Waals surface area contributed by atoms with Crippen molar-refractivity contribution in [2.24, 2.45) is 11.0 Å². The van der Waals surface area contributed by atoms with Crippen molar-refractivity contribution in [1.29, 1.82) is 0 Å². The summed E-state index contributed by atoms with van der Waals surface area (Å²) in [4.78, 5) is 26.0. The van der Waals surface area contributed by atoms with Crippen LogP contribution in [0.4, 0.5) is 5.69 Å². The highest BCUT2D eigenvalue weighted by molar-refractivity contribution is 6.08. The van der Waals surface area contributed by atoms with Crippen molar-refractivity contribution in [3.63, 3.8) is 0 Å². The molecule has 0 bridgehead atoms. The molecule has 36 heavy (non-hydrogen) atoms. The van der Waals surface area contributed by atoms with Crippen molar-refractivity contribution in [1.82, 2.24) is 5.01 Å². The van der Waals surface area contributed by atoms with Gasteiger partial charge in [0.25, 0.3) is 5.91 Å². The number of fused-ring (bicyclic) bond motifs is 1. The summed E-state index contributed by atoms with van der Waals surface area (Å²) in [5.41, 5.74) is 11.9. The SMILES string of the molecule is Cc1ccc(C(=O)OCC(=O)N2N=C3C(=Cc4ccccc4)CCCC3C2c2ccccc2)cc1N. The highest BCUT2D eigenvalue weighted by atomic mass is 16.5. The van der Waals surface area contributed by atoms with Crippen LogP contribution in [-0.2, 0) is 9.53 Å². The van der Waals surface area contributed by atoms with Crippen molar-refractivity contribution in [3.8, 4) is 0 Å². The van der Waals surface area contributed by atoms with E-state index in [0.717, 1.165) is 47.2 Å². The fraction of sp³-hybridized carbons (Fsp3) is 0.233. The minimum atomic E-state index is -0.583. The molecule has 1 aliphatic carbocycles. The Bertz CT molecular complexity index is 1330. The first kappa shape index (κ1) is 23.5. The second-order valence-corrected chi connectivity index (χ2v) is 9.31. The van der Waals surface area contributed by atoms with Gasteiger partial charge in [-0.05, 0) is 66.7 Å². The number of nitrogen functional groups attached to an aromatic ring is 1. The molecule has 3 aromatic carbocycles. The summed E-state index contributed by atoms with van der Waals surface area (Å²) in [5, 5.41) is 6.37. The largest absolute Gasteiger partial charge is 0.452 e. The van der Waals surface area contributed by atoms with Crippen LogP contribution in [0.15, 0.2) is 89.5 Å². The Balaban J connectivity index is 1.41. The van der Waals surface area contributed by atoms with Crippen LogP contribution in [0.2, 0.25) is 0 Å². The van der Waals surface area contributed by atoms with E-state index < -0.39 is 12.6 Å². The molecule has 0 spiro atoms. The Hall–Kier alpha value is -4.19. The van der Waals surface area contributed by atoms with Crippen molar-refractivity contribution in [2.75, 3.05) is 12.3 Å². The van der Waals surface area contributed by atoms with Crippen LogP contribution in [0.25, 0.3) is 6.08 Å². The summed E-state index contributed by atoms with van der Waals surface area (Å²) >= 11 is 0. The van der Waals surface area contributed by atoms with Crippen LogP contribution in [-0.4, -0.2) is 29.2 Å². The maximum Gasteiger partial charge on any atom is 0.338 e. The van der Waals surface area contributed by atoms with Gasteiger partial charge in [-0.25, -0.2) is 9.80 Å². The Morgan fingerprint density at radius 1 is 1.06 bits per heavy atom. The molecule has 1 amide bonds. The molecule has 182 valence electrons. The lowest BCUT2D eigenvalue weighted by Gasteiger charge is -2.29. The van der Waals surface area contributed by atoms with Gasteiger partial charge >= 0.3 is 5.97 Å². The third-order valence-corrected chi connectivity index (χ3v) is 6.88. The zero-order valence-electron chi connectivity index (χ0n) is 20.3. The number of allylic oxidation sites excluding steroid dienone is 1. The number of ether oxygens (including phenoxy) is 1. The molecular weight excluding hydrogens is 450 g/mol. The Labute approximate surface area is 211 Å². The summed E-state index contributed by atoms with van der Waals surface area (Å²) < 4.78 is 5.39. The van der Waals surface area contributed by atoms with Gasteiger partial charge in [0.2, 0.25) is 0 Å². The fourth-order valence-electron chi connectivity index (χ4n) is 4.99. The summed E-state index contributed by atoms with van der Waals surface area (Å²) in [6, 6.07) is 24.9. The van der Waals surface area contributed by atoms with Gasteiger partial charge in [-0.3, -0.25) is 4.79 Å². The first-order chi connectivity index (χ1) is 17.5. The highest BCUT2D eigenvalue weighted by Crippen LogP contribution is 2.44. The molecular formula is C30H29N3O3. The molecule has 1 fully saturated rings. The number of hydrazone groups is 1. The van der Waals surface area contributed by atoms with Gasteiger partial charge < -0.3 is 10.5 Å². The minimum absolute atomic E-state index is 0.0904. The smallest absolute Gasteiger partial charge is 0.338 e. The van der Waals surface area contributed by atoms with Crippen molar-refractivity contribution < 1.29 is 14.3 Å². The zero-order valence-corrected chi connectivity index (χ0v) is 20.3. The lowest BCUT2D eigenvalue weighted by Crippen LogP contribution is -2.34. The quantitative estimate of drug-likeness (QED) is 0.384. The number of carbonyl (C=O) groups excluding carboxylic acids is 2. The molecule has 1 heterocycles. The average Bonchev–Trinajstić information content (AvgIpc) is 3.30. The van der Waals surface area contributed by atoms with E-state index in [2.05, 4.69) is 18.2 Å². The summed E-state index contributed by atoms with van der Waals surface area (Å²) in [6.45, 7) is 1.47. The lowest BCUT2D eigenvalue weighted by atomic mass is 9.77. The zero-order chi connectivity index (χ0) is 25.1. The number of anilines is 1. The first-order valence-electron chi connectivity index (χ1n) is 12.3. The van der Waals surface area contributed by atoms with Gasteiger partial charge in [0.1, 0.15) is 0 Å². The van der Waals surface area contributed by atoms with Crippen molar-refractivity contribution in [2.45, 2.75) is 32.2 Å². The van der Waals surface area contributed by atoms with Gasteiger partial charge in [0, 0.05) is 11.6 Å². The number of benzene rings is 3. The maximum absolute atomic E-state index is 13.4. The van der Waals surface area contributed by atoms with Gasteiger partial charge in [0.05, 0.1) is 17.3 Å². The van der Waals surface area contributed by atoms with Crippen molar-refractivity contribution >= 4 is 29.4 Å². The predicted octanol–water partition coefficient (Wildman–Crippen LogP) is 5.56. The summed E-state index contributed by atoms with van der Waals surface area (Å²) in [5.74, 6) is -0.842. The van der Waals surface area contributed by atoms with E-state index in [0.29, 0.717) is 11.3 Å². The lowest BCUT2D eigenvalue weighted by molar-refractivity contribution is -0.137. The average molecular weight is 480 g/mol.